The molecule has 2 aromatic carbocycles. The Kier molecular flexibility index (Phi) is 8.68. The number of sulfonamides is 1. The van der Waals surface area contributed by atoms with Gasteiger partial charge in [0.25, 0.3) is 0 Å². The monoisotopic (exact) mass is 669 g/mol. The number of hydrogen-bond donors (Lipinski definition) is 1. The maximum Gasteiger partial charge on any atom is 0.244 e. The van der Waals surface area contributed by atoms with Gasteiger partial charge >= 0.3 is 0 Å². The van der Waals surface area contributed by atoms with E-state index in [0.717, 1.165) is 59.7 Å². The molecule has 0 radical (unpaired) electrons. The lowest BCUT2D eigenvalue weighted by Crippen LogP contribution is -2.52. The van der Waals surface area contributed by atoms with Crippen LogP contribution >= 0.6 is 15.9 Å². The summed E-state index contributed by atoms with van der Waals surface area (Å²) in [5, 5.41) is 3.11. The minimum atomic E-state index is -3.77. The van der Waals surface area contributed by atoms with Crippen molar-refractivity contribution in [3.63, 3.8) is 0 Å². The number of benzene rings is 2. The van der Waals surface area contributed by atoms with Gasteiger partial charge in [-0.05, 0) is 117 Å². The molecule has 1 atom stereocenters. The van der Waals surface area contributed by atoms with E-state index in [4.69, 9.17) is 0 Å². The average Bonchev–Trinajstić information content (AvgIpc) is 3.46. The zero-order valence-corrected chi connectivity index (χ0v) is 27.7. The van der Waals surface area contributed by atoms with Gasteiger partial charge in [-0.25, -0.2) is 8.42 Å². The van der Waals surface area contributed by atoms with Crippen molar-refractivity contribution in [1.82, 2.24) is 10.2 Å². The van der Waals surface area contributed by atoms with Crippen LogP contribution in [0.25, 0.3) is 0 Å². The first-order valence-electron chi connectivity index (χ1n) is 15.9. The molecule has 0 aliphatic heterocycles. The van der Waals surface area contributed by atoms with Gasteiger partial charge in [0.2, 0.25) is 21.8 Å². The van der Waals surface area contributed by atoms with E-state index in [9.17, 15) is 18.0 Å². The summed E-state index contributed by atoms with van der Waals surface area (Å²) in [5.41, 5.74) is 2.86. The molecule has 7 nitrogen and oxygen atoms in total. The molecular formula is C34H44BrN3O4S. The molecule has 5 fully saturated rings. The van der Waals surface area contributed by atoms with Crippen LogP contribution in [0.15, 0.2) is 53.0 Å². The molecule has 5 aliphatic carbocycles. The van der Waals surface area contributed by atoms with Crippen LogP contribution in [0.1, 0.15) is 82.3 Å². The molecule has 0 unspecified atom stereocenters. The smallest absolute Gasteiger partial charge is 0.244 e. The molecule has 43 heavy (non-hydrogen) atoms. The molecule has 1 N–H and O–H groups in total. The van der Waals surface area contributed by atoms with Crippen LogP contribution in [0, 0.1) is 17.8 Å². The van der Waals surface area contributed by atoms with Crippen LogP contribution in [0.4, 0.5) is 5.69 Å². The van der Waals surface area contributed by atoms with Crippen LogP contribution < -0.4 is 9.62 Å². The van der Waals surface area contributed by atoms with Crippen molar-refractivity contribution in [3.8, 4) is 0 Å². The van der Waals surface area contributed by atoms with Gasteiger partial charge in [-0.15, -0.1) is 0 Å². The largest absolute Gasteiger partial charge is 0.352 e. The number of amides is 2. The number of rotatable bonds is 10. The zero-order chi connectivity index (χ0) is 30.4. The Balaban J connectivity index is 1.23. The van der Waals surface area contributed by atoms with Gasteiger partial charge in [-0.1, -0.05) is 53.0 Å². The van der Waals surface area contributed by atoms with Crippen molar-refractivity contribution in [1.29, 1.82) is 0 Å². The highest BCUT2D eigenvalue weighted by molar-refractivity contribution is 9.10. The quantitative estimate of drug-likeness (QED) is 0.328. The number of nitrogens with one attached hydrogen (secondary N) is 1. The zero-order valence-electron chi connectivity index (χ0n) is 25.3. The summed E-state index contributed by atoms with van der Waals surface area (Å²) >= 11 is 3.50. The number of halogens is 1. The van der Waals surface area contributed by atoms with Gasteiger partial charge in [0.05, 0.1) is 11.9 Å². The van der Waals surface area contributed by atoms with Crippen molar-refractivity contribution in [3.05, 3.63) is 64.1 Å². The Hall–Kier alpha value is -2.39. The van der Waals surface area contributed by atoms with Crippen molar-refractivity contribution in [2.45, 2.75) is 95.2 Å². The Morgan fingerprint density at radius 2 is 1.58 bits per heavy atom. The van der Waals surface area contributed by atoms with Crippen LogP contribution in [0.3, 0.4) is 0 Å². The molecule has 5 saturated carbocycles. The summed E-state index contributed by atoms with van der Waals surface area (Å²) in [6, 6.07) is 14.9. The Morgan fingerprint density at radius 3 is 2.14 bits per heavy atom. The van der Waals surface area contributed by atoms with Crippen LogP contribution in [-0.4, -0.2) is 50.0 Å². The fraction of sp³-hybridized carbons (Fsp3) is 0.588. The van der Waals surface area contributed by atoms with E-state index in [2.05, 4.69) is 33.4 Å². The molecule has 5 aliphatic rings. The molecule has 0 heterocycles. The molecule has 7 rings (SSSR count). The van der Waals surface area contributed by atoms with Crippen molar-refractivity contribution < 1.29 is 18.0 Å². The minimum absolute atomic E-state index is 0.123. The first-order valence-corrected chi connectivity index (χ1v) is 18.6. The van der Waals surface area contributed by atoms with Gasteiger partial charge in [-0.3, -0.25) is 13.9 Å². The maximum atomic E-state index is 14.0. The lowest BCUT2D eigenvalue weighted by molar-refractivity contribution is -0.139. The SMILES string of the molecule is C[C@H](C(=O)NC1CCCC1)N(Cc1cccc(Br)c1)C(=O)CN(c1ccc(C23CC4CC(CC(C4)C2)C3)cc1)S(C)(=O)=O. The van der Waals surface area contributed by atoms with Crippen LogP contribution in [-0.2, 0) is 31.6 Å². The van der Waals surface area contributed by atoms with E-state index in [1.54, 1.807) is 6.92 Å². The fourth-order valence-corrected chi connectivity index (χ4v) is 10.2. The van der Waals surface area contributed by atoms with E-state index in [1.807, 2.05) is 36.4 Å². The van der Waals surface area contributed by atoms with Gasteiger partial charge in [-0.2, -0.15) is 0 Å². The van der Waals surface area contributed by atoms with Gasteiger partial charge in [0.15, 0.2) is 0 Å². The third-order valence-corrected chi connectivity index (χ3v) is 12.2. The summed E-state index contributed by atoms with van der Waals surface area (Å²) in [5.74, 6) is 1.84. The summed E-state index contributed by atoms with van der Waals surface area (Å²) in [6.07, 6.45) is 13.0. The number of carbonyl (C=O) groups excluding carboxylic acids is 2. The van der Waals surface area contributed by atoms with E-state index in [1.165, 1.54) is 53.3 Å². The summed E-state index contributed by atoms with van der Waals surface area (Å²) in [4.78, 5) is 28.8. The molecule has 4 bridgehead atoms. The van der Waals surface area contributed by atoms with Crippen LogP contribution in [0.5, 0.6) is 0 Å². The van der Waals surface area contributed by atoms with Gasteiger partial charge in [0.1, 0.15) is 12.6 Å². The van der Waals surface area contributed by atoms with E-state index in [0.29, 0.717) is 5.69 Å². The number of nitrogens with zero attached hydrogens (tertiary/aromatic N) is 2. The van der Waals surface area contributed by atoms with Crippen molar-refractivity contribution in [2.75, 3.05) is 17.1 Å². The molecular weight excluding hydrogens is 626 g/mol. The van der Waals surface area contributed by atoms with Crippen LogP contribution in [0.2, 0.25) is 0 Å². The highest BCUT2D eigenvalue weighted by Gasteiger charge is 2.51. The highest BCUT2D eigenvalue weighted by Crippen LogP contribution is 2.60. The summed E-state index contributed by atoms with van der Waals surface area (Å²) < 4.78 is 28.3. The normalized spacial score (nSPS) is 27.2. The van der Waals surface area contributed by atoms with Crippen molar-refractivity contribution in [2.24, 2.45) is 17.8 Å². The molecule has 2 aromatic rings. The molecule has 2 amide bonds. The first kappa shape index (κ1) is 30.6. The summed E-state index contributed by atoms with van der Waals surface area (Å²) in [7, 11) is -3.77. The van der Waals surface area contributed by atoms with Gasteiger partial charge < -0.3 is 10.2 Å². The predicted octanol–water partition coefficient (Wildman–Crippen LogP) is 6.16. The highest BCUT2D eigenvalue weighted by atomic mass is 79.9. The Bertz CT molecular complexity index is 1420. The average molecular weight is 671 g/mol. The standard InChI is InChI=1S/C34H44BrN3O4S/c1-23(33(40)36-30-8-3-4-9-30)37(21-24-6-5-7-29(35)17-24)32(39)22-38(43(2,41)42)31-12-10-28(11-13-31)34-18-25-14-26(19-34)16-27(15-25)20-34/h5-7,10-13,17,23,25-27,30H,3-4,8-9,14-16,18-22H2,1-2H3,(H,36,40)/t23-,25?,26?,27?,34?/m1/s1. The Labute approximate surface area is 265 Å². The van der Waals surface area contributed by atoms with E-state index < -0.39 is 22.0 Å². The molecule has 0 saturated heterocycles. The molecule has 9 heteroatoms. The number of carbonyl (C=O) groups is 2. The lowest BCUT2D eigenvalue weighted by atomic mass is 9.48. The second-order valence-corrected chi connectivity index (χ2v) is 16.7. The molecule has 0 spiro atoms. The number of anilines is 1. The van der Waals surface area contributed by atoms with Crippen molar-refractivity contribution >= 4 is 43.5 Å². The molecule has 232 valence electrons. The second-order valence-electron chi connectivity index (χ2n) is 13.8. The summed E-state index contributed by atoms with van der Waals surface area (Å²) in [6.45, 7) is 1.55. The van der Waals surface area contributed by atoms with E-state index in [-0.39, 0.29) is 30.5 Å². The second kappa shape index (κ2) is 12.2. The fourth-order valence-electron chi connectivity index (χ4n) is 8.87. The predicted molar refractivity (Wildman–Crippen MR) is 173 cm³/mol. The minimum Gasteiger partial charge on any atom is -0.352 e. The third-order valence-electron chi connectivity index (χ3n) is 10.6. The van der Waals surface area contributed by atoms with E-state index >= 15 is 0 Å². The third kappa shape index (κ3) is 6.68. The molecule has 0 aromatic heterocycles. The van der Waals surface area contributed by atoms with Gasteiger partial charge in [0, 0.05) is 17.1 Å². The lowest BCUT2D eigenvalue weighted by Gasteiger charge is -2.57. The Morgan fingerprint density at radius 1 is 0.977 bits per heavy atom. The first-order chi connectivity index (χ1) is 20.5. The number of hydrogen-bond acceptors (Lipinski definition) is 4. The topological polar surface area (TPSA) is 86.8 Å². The maximum absolute atomic E-state index is 14.0.